The largest absolute Gasteiger partial charge is 0.340 e. The highest BCUT2D eigenvalue weighted by molar-refractivity contribution is 5.81. The van der Waals surface area contributed by atoms with Crippen LogP contribution in [-0.2, 0) is 11.2 Å². The zero-order valence-electron chi connectivity index (χ0n) is 12.4. The Bertz CT molecular complexity index is 617. The van der Waals surface area contributed by atoms with Gasteiger partial charge in [0.15, 0.2) is 0 Å². The Hall–Kier alpha value is -1.91. The van der Waals surface area contributed by atoms with Gasteiger partial charge in [-0.3, -0.25) is 4.79 Å². The van der Waals surface area contributed by atoms with Gasteiger partial charge in [-0.15, -0.1) is 0 Å². The normalized spacial score (nSPS) is 16.2. The predicted molar refractivity (Wildman–Crippen MR) is 79.8 cm³/mol. The summed E-state index contributed by atoms with van der Waals surface area (Å²) >= 11 is 0. The standard InChI is InChI=1S/C16H21N3O2/c1-2-19(13-6-4-3-5-7-13)16(20)11-12-8-9-14-15(10-12)18-21-17-14/h8-10,13H,2-7,11H2,1H3. The van der Waals surface area contributed by atoms with Crippen LogP contribution in [0.1, 0.15) is 44.6 Å². The molecule has 1 aromatic carbocycles. The molecule has 3 rings (SSSR count). The number of fused-ring (bicyclic) bond motifs is 1. The fourth-order valence-electron chi connectivity index (χ4n) is 3.24. The van der Waals surface area contributed by atoms with E-state index in [1.54, 1.807) is 0 Å². The molecule has 0 atom stereocenters. The van der Waals surface area contributed by atoms with Crippen LogP contribution in [0.2, 0.25) is 0 Å². The minimum atomic E-state index is 0.209. The van der Waals surface area contributed by atoms with E-state index in [0.29, 0.717) is 18.0 Å². The maximum atomic E-state index is 12.6. The summed E-state index contributed by atoms with van der Waals surface area (Å²) in [5.41, 5.74) is 2.41. The van der Waals surface area contributed by atoms with Crippen LogP contribution in [0.25, 0.3) is 11.0 Å². The van der Waals surface area contributed by atoms with Crippen molar-refractivity contribution in [1.82, 2.24) is 15.2 Å². The first kappa shape index (κ1) is 14.0. The minimum Gasteiger partial charge on any atom is -0.340 e. The van der Waals surface area contributed by atoms with Gasteiger partial charge in [-0.25, -0.2) is 4.63 Å². The number of benzene rings is 1. The first-order chi connectivity index (χ1) is 10.3. The summed E-state index contributed by atoms with van der Waals surface area (Å²) in [6.45, 7) is 2.86. The smallest absolute Gasteiger partial charge is 0.227 e. The fraction of sp³-hybridized carbons (Fsp3) is 0.562. The Morgan fingerprint density at radius 3 is 2.76 bits per heavy atom. The van der Waals surface area contributed by atoms with E-state index in [9.17, 15) is 4.79 Å². The van der Waals surface area contributed by atoms with E-state index in [-0.39, 0.29) is 5.91 Å². The molecule has 1 aliphatic carbocycles. The van der Waals surface area contributed by atoms with Crippen LogP contribution in [0, 0.1) is 0 Å². The summed E-state index contributed by atoms with van der Waals surface area (Å²) in [6.07, 6.45) is 6.50. The van der Waals surface area contributed by atoms with E-state index in [2.05, 4.69) is 17.2 Å². The van der Waals surface area contributed by atoms with Crippen molar-refractivity contribution < 1.29 is 9.42 Å². The van der Waals surface area contributed by atoms with Crippen molar-refractivity contribution in [1.29, 1.82) is 0 Å². The minimum absolute atomic E-state index is 0.209. The lowest BCUT2D eigenvalue weighted by Crippen LogP contribution is -2.42. The molecule has 1 heterocycles. The van der Waals surface area contributed by atoms with Crippen LogP contribution in [-0.4, -0.2) is 33.7 Å². The number of likely N-dealkylation sites (N-methyl/N-ethyl adjacent to an activating group) is 1. The molecule has 1 saturated carbocycles. The van der Waals surface area contributed by atoms with Gasteiger partial charge in [0, 0.05) is 12.6 Å². The lowest BCUT2D eigenvalue weighted by atomic mass is 9.93. The fourth-order valence-corrected chi connectivity index (χ4v) is 3.24. The predicted octanol–water partition coefficient (Wildman–Crippen LogP) is 2.95. The van der Waals surface area contributed by atoms with Crippen molar-refractivity contribution in [2.24, 2.45) is 0 Å². The van der Waals surface area contributed by atoms with Crippen LogP contribution in [0.15, 0.2) is 22.8 Å². The molecular weight excluding hydrogens is 266 g/mol. The quantitative estimate of drug-likeness (QED) is 0.867. The number of hydrogen-bond acceptors (Lipinski definition) is 4. The Morgan fingerprint density at radius 2 is 2.00 bits per heavy atom. The molecule has 0 N–H and O–H groups in total. The molecule has 0 radical (unpaired) electrons. The van der Waals surface area contributed by atoms with Gasteiger partial charge in [0.1, 0.15) is 11.0 Å². The maximum absolute atomic E-state index is 12.6. The Labute approximate surface area is 124 Å². The summed E-state index contributed by atoms with van der Waals surface area (Å²) in [7, 11) is 0. The van der Waals surface area contributed by atoms with E-state index in [1.807, 2.05) is 23.1 Å². The van der Waals surface area contributed by atoms with Gasteiger partial charge in [-0.1, -0.05) is 25.3 Å². The average molecular weight is 287 g/mol. The molecule has 1 aromatic heterocycles. The second kappa shape index (κ2) is 6.24. The second-order valence-corrected chi connectivity index (χ2v) is 5.74. The van der Waals surface area contributed by atoms with Crippen molar-refractivity contribution in [3.8, 4) is 0 Å². The van der Waals surface area contributed by atoms with Crippen LogP contribution < -0.4 is 0 Å². The topological polar surface area (TPSA) is 59.2 Å². The highest BCUT2D eigenvalue weighted by Crippen LogP contribution is 2.23. The first-order valence-corrected chi connectivity index (χ1v) is 7.78. The van der Waals surface area contributed by atoms with Gasteiger partial charge in [0.2, 0.25) is 5.91 Å². The summed E-state index contributed by atoms with van der Waals surface area (Å²) in [6, 6.07) is 6.09. The zero-order chi connectivity index (χ0) is 14.7. The number of nitrogens with zero attached hydrogens (tertiary/aromatic N) is 3. The summed E-state index contributed by atoms with van der Waals surface area (Å²) in [5, 5.41) is 7.61. The molecule has 5 heteroatoms. The lowest BCUT2D eigenvalue weighted by Gasteiger charge is -2.33. The van der Waals surface area contributed by atoms with Gasteiger partial charge >= 0.3 is 0 Å². The number of rotatable bonds is 4. The van der Waals surface area contributed by atoms with E-state index in [4.69, 9.17) is 4.63 Å². The van der Waals surface area contributed by atoms with Crippen molar-refractivity contribution >= 4 is 16.9 Å². The Morgan fingerprint density at radius 1 is 1.24 bits per heavy atom. The molecule has 0 spiro atoms. The molecule has 1 fully saturated rings. The molecule has 1 aliphatic rings. The SMILES string of the molecule is CCN(C(=O)Cc1ccc2nonc2c1)C1CCCCC1. The lowest BCUT2D eigenvalue weighted by molar-refractivity contribution is -0.133. The van der Waals surface area contributed by atoms with Crippen LogP contribution in [0.3, 0.4) is 0 Å². The third-order valence-corrected chi connectivity index (χ3v) is 4.35. The molecule has 1 amide bonds. The molecule has 0 saturated heterocycles. The molecular formula is C16H21N3O2. The van der Waals surface area contributed by atoms with Gasteiger partial charge in [0.25, 0.3) is 0 Å². The van der Waals surface area contributed by atoms with Crippen LogP contribution >= 0.6 is 0 Å². The second-order valence-electron chi connectivity index (χ2n) is 5.74. The molecule has 5 nitrogen and oxygen atoms in total. The number of amides is 1. The molecule has 112 valence electrons. The molecule has 0 bridgehead atoms. The van der Waals surface area contributed by atoms with Crippen molar-refractivity contribution in [2.45, 2.75) is 51.5 Å². The third kappa shape index (κ3) is 3.06. The Kier molecular flexibility index (Phi) is 4.18. The Balaban J connectivity index is 1.70. The van der Waals surface area contributed by atoms with Gasteiger partial charge < -0.3 is 4.90 Å². The highest BCUT2D eigenvalue weighted by Gasteiger charge is 2.24. The molecule has 2 aromatic rings. The summed E-state index contributed by atoms with van der Waals surface area (Å²) in [5.74, 6) is 0.209. The van der Waals surface area contributed by atoms with Crippen LogP contribution in [0.5, 0.6) is 0 Å². The number of aromatic nitrogens is 2. The van der Waals surface area contributed by atoms with E-state index < -0.39 is 0 Å². The number of hydrogen-bond donors (Lipinski definition) is 0. The summed E-state index contributed by atoms with van der Waals surface area (Å²) in [4.78, 5) is 14.6. The first-order valence-electron chi connectivity index (χ1n) is 7.78. The monoisotopic (exact) mass is 287 g/mol. The third-order valence-electron chi connectivity index (χ3n) is 4.35. The number of carbonyl (C=O) groups excluding carboxylic acids is 1. The number of carbonyl (C=O) groups is 1. The van der Waals surface area contributed by atoms with Crippen molar-refractivity contribution in [3.05, 3.63) is 23.8 Å². The van der Waals surface area contributed by atoms with Gasteiger partial charge in [-0.2, -0.15) is 0 Å². The highest BCUT2D eigenvalue weighted by atomic mass is 16.6. The zero-order valence-corrected chi connectivity index (χ0v) is 12.4. The average Bonchev–Trinajstić information content (AvgIpc) is 2.96. The van der Waals surface area contributed by atoms with Gasteiger partial charge in [0.05, 0.1) is 6.42 Å². The van der Waals surface area contributed by atoms with Crippen molar-refractivity contribution in [3.63, 3.8) is 0 Å². The van der Waals surface area contributed by atoms with E-state index in [1.165, 1.54) is 19.3 Å². The molecule has 21 heavy (non-hydrogen) atoms. The molecule has 0 unspecified atom stereocenters. The van der Waals surface area contributed by atoms with E-state index in [0.717, 1.165) is 30.5 Å². The molecule has 0 aliphatic heterocycles. The van der Waals surface area contributed by atoms with Crippen LogP contribution in [0.4, 0.5) is 0 Å². The van der Waals surface area contributed by atoms with E-state index >= 15 is 0 Å². The van der Waals surface area contributed by atoms with Gasteiger partial charge in [-0.05, 0) is 47.8 Å². The summed E-state index contributed by atoms with van der Waals surface area (Å²) < 4.78 is 4.69. The van der Waals surface area contributed by atoms with Crippen molar-refractivity contribution in [2.75, 3.05) is 6.54 Å². The maximum Gasteiger partial charge on any atom is 0.227 e.